The van der Waals surface area contributed by atoms with E-state index in [1.807, 2.05) is 0 Å². The van der Waals surface area contributed by atoms with Gasteiger partial charge in [0.25, 0.3) is 0 Å². The molecule has 2 atom stereocenters. The second-order valence-corrected chi connectivity index (χ2v) is 4.81. The Morgan fingerprint density at radius 2 is 2.19 bits per heavy atom. The molecule has 1 N–H and O–H groups in total. The first kappa shape index (κ1) is 11.9. The van der Waals surface area contributed by atoms with Crippen molar-refractivity contribution in [2.24, 2.45) is 0 Å². The molecule has 16 heavy (non-hydrogen) atoms. The first-order valence-corrected chi connectivity index (χ1v) is 6.36. The standard InChI is InChI=1S/C12H21NO3/c14-12(15)11-5-1-2-7-13(11)8-6-10-4-3-9-16-10/h10-11H,1-9H2,(H,14,15). The van der Waals surface area contributed by atoms with Crippen LogP contribution < -0.4 is 0 Å². The second kappa shape index (κ2) is 5.64. The van der Waals surface area contributed by atoms with Crippen molar-refractivity contribution < 1.29 is 14.6 Å². The maximum absolute atomic E-state index is 11.1. The van der Waals surface area contributed by atoms with Gasteiger partial charge in [0.05, 0.1) is 6.10 Å². The molecule has 2 aliphatic rings. The van der Waals surface area contributed by atoms with Crippen molar-refractivity contribution in [1.82, 2.24) is 4.90 Å². The van der Waals surface area contributed by atoms with E-state index in [9.17, 15) is 4.79 Å². The van der Waals surface area contributed by atoms with Gasteiger partial charge in [0, 0.05) is 13.2 Å². The zero-order valence-electron chi connectivity index (χ0n) is 9.73. The lowest BCUT2D eigenvalue weighted by Crippen LogP contribution is -2.45. The molecule has 0 bridgehead atoms. The highest BCUT2D eigenvalue weighted by molar-refractivity contribution is 5.73. The Morgan fingerprint density at radius 3 is 2.88 bits per heavy atom. The number of carboxylic acid groups (broad SMARTS) is 1. The van der Waals surface area contributed by atoms with Crippen molar-refractivity contribution in [3.8, 4) is 0 Å². The summed E-state index contributed by atoms with van der Waals surface area (Å²) in [6, 6.07) is -0.254. The second-order valence-electron chi connectivity index (χ2n) is 4.81. The van der Waals surface area contributed by atoms with Crippen LogP contribution in [0.3, 0.4) is 0 Å². The monoisotopic (exact) mass is 227 g/mol. The van der Waals surface area contributed by atoms with E-state index >= 15 is 0 Å². The maximum Gasteiger partial charge on any atom is 0.320 e. The number of likely N-dealkylation sites (tertiary alicyclic amines) is 1. The number of aliphatic carboxylic acids is 1. The summed E-state index contributed by atoms with van der Waals surface area (Å²) < 4.78 is 5.57. The van der Waals surface area contributed by atoms with Crippen molar-refractivity contribution in [3.05, 3.63) is 0 Å². The van der Waals surface area contributed by atoms with Gasteiger partial charge in [0.1, 0.15) is 6.04 Å². The molecule has 0 saturated carbocycles. The number of hydrogen-bond donors (Lipinski definition) is 1. The van der Waals surface area contributed by atoms with Crippen LogP contribution in [0.15, 0.2) is 0 Å². The zero-order chi connectivity index (χ0) is 11.4. The van der Waals surface area contributed by atoms with Crippen LogP contribution in [0.5, 0.6) is 0 Å². The number of carboxylic acids is 1. The molecule has 0 aromatic rings. The summed E-state index contributed by atoms with van der Waals surface area (Å²) in [4.78, 5) is 13.2. The number of piperidine rings is 1. The summed E-state index contributed by atoms with van der Waals surface area (Å²) in [5, 5.41) is 9.13. The predicted molar refractivity (Wildman–Crippen MR) is 60.4 cm³/mol. The van der Waals surface area contributed by atoms with Crippen LogP contribution in [0.2, 0.25) is 0 Å². The van der Waals surface area contributed by atoms with E-state index in [0.29, 0.717) is 6.10 Å². The van der Waals surface area contributed by atoms with Gasteiger partial charge < -0.3 is 9.84 Å². The van der Waals surface area contributed by atoms with E-state index in [0.717, 1.165) is 58.2 Å². The van der Waals surface area contributed by atoms with E-state index in [2.05, 4.69) is 4.90 Å². The molecule has 2 heterocycles. The average Bonchev–Trinajstić information content (AvgIpc) is 2.79. The minimum atomic E-state index is -0.660. The molecule has 0 spiro atoms. The van der Waals surface area contributed by atoms with Gasteiger partial charge in [-0.15, -0.1) is 0 Å². The van der Waals surface area contributed by atoms with Crippen LogP contribution in [0.25, 0.3) is 0 Å². The topological polar surface area (TPSA) is 49.8 Å². The summed E-state index contributed by atoms with van der Waals surface area (Å²) in [5.74, 6) is -0.660. The first-order valence-electron chi connectivity index (χ1n) is 6.36. The molecule has 0 aromatic carbocycles. The third kappa shape index (κ3) is 2.95. The van der Waals surface area contributed by atoms with Crippen LogP contribution >= 0.6 is 0 Å². The minimum absolute atomic E-state index is 0.254. The normalized spacial score (nSPS) is 31.8. The highest BCUT2D eigenvalue weighted by atomic mass is 16.5. The molecule has 0 aromatic heterocycles. The van der Waals surface area contributed by atoms with E-state index in [-0.39, 0.29) is 6.04 Å². The lowest BCUT2D eigenvalue weighted by molar-refractivity contribution is -0.144. The van der Waals surface area contributed by atoms with Gasteiger partial charge in [-0.3, -0.25) is 9.69 Å². The van der Waals surface area contributed by atoms with Gasteiger partial charge in [0.2, 0.25) is 0 Å². The number of hydrogen-bond acceptors (Lipinski definition) is 3. The molecule has 0 aliphatic carbocycles. The molecular weight excluding hydrogens is 206 g/mol. The molecular formula is C12H21NO3. The molecule has 0 amide bonds. The largest absolute Gasteiger partial charge is 0.480 e. The van der Waals surface area contributed by atoms with Crippen LogP contribution in [-0.4, -0.2) is 47.8 Å². The molecule has 4 heteroatoms. The Bertz CT molecular complexity index is 238. The molecule has 2 unspecified atom stereocenters. The zero-order valence-corrected chi connectivity index (χ0v) is 9.73. The Labute approximate surface area is 96.6 Å². The van der Waals surface area contributed by atoms with Crippen molar-refractivity contribution in [3.63, 3.8) is 0 Å². The van der Waals surface area contributed by atoms with Gasteiger partial charge >= 0.3 is 5.97 Å². The van der Waals surface area contributed by atoms with Crippen LogP contribution in [0.1, 0.15) is 38.5 Å². The van der Waals surface area contributed by atoms with Crippen LogP contribution in [0.4, 0.5) is 0 Å². The quantitative estimate of drug-likeness (QED) is 0.790. The summed E-state index contributed by atoms with van der Waals surface area (Å²) >= 11 is 0. The third-order valence-electron chi connectivity index (χ3n) is 3.66. The number of rotatable bonds is 4. The highest BCUT2D eigenvalue weighted by Crippen LogP contribution is 2.20. The smallest absolute Gasteiger partial charge is 0.320 e. The van der Waals surface area contributed by atoms with E-state index in [1.165, 1.54) is 0 Å². The highest BCUT2D eigenvalue weighted by Gasteiger charge is 2.28. The Kier molecular flexibility index (Phi) is 4.18. The van der Waals surface area contributed by atoms with E-state index in [4.69, 9.17) is 9.84 Å². The Morgan fingerprint density at radius 1 is 1.31 bits per heavy atom. The van der Waals surface area contributed by atoms with Gasteiger partial charge in [-0.2, -0.15) is 0 Å². The third-order valence-corrected chi connectivity index (χ3v) is 3.66. The summed E-state index contributed by atoms with van der Waals surface area (Å²) in [6.45, 7) is 2.69. The van der Waals surface area contributed by atoms with Gasteiger partial charge in [0.15, 0.2) is 0 Å². The molecule has 2 aliphatic heterocycles. The fourth-order valence-electron chi connectivity index (χ4n) is 2.72. The fraction of sp³-hybridized carbons (Fsp3) is 0.917. The van der Waals surface area contributed by atoms with Crippen molar-refractivity contribution in [2.75, 3.05) is 19.7 Å². The SMILES string of the molecule is O=C(O)C1CCCCN1CCC1CCCO1. The van der Waals surface area contributed by atoms with Crippen molar-refractivity contribution in [2.45, 2.75) is 50.7 Å². The van der Waals surface area contributed by atoms with Gasteiger partial charge in [-0.05, 0) is 38.6 Å². The number of nitrogens with zero attached hydrogens (tertiary/aromatic N) is 1. The summed E-state index contributed by atoms with van der Waals surface area (Å²) in [7, 11) is 0. The van der Waals surface area contributed by atoms with E-state index < -0.39 is 5.97 Å². The minimum Gasteiger partial charge on any atom is -0.480 e. The van der Waals surface area contributed by atoms with Crippen molar-refractivity contribution in [1.29, 1.82) is 0 Å². The van der Waals surface area contributed by atoms with Gasteiger partial charge in [-0.25, -0.2) is 0 Å². The Balaban J connectivity index is 1.78. The molecule has 2 rings (SSSR count). The molecule has 4 nitrogen and oxygen atoms in total. The molecule has 2 saturated heterocycles. The lowest BCUT2D eigenvalue weighted by Gasteiger charge is -2.33. The molecule has 92 valence electrons. The molecule has 0 radical (unpaired) electrons. The summed E-state index contributed by atoms with van der Waals surface area (Å²) in [6.07, 6.45) is 6.66. The summed E-state index contributed by atoms with van der Waals surface area (Å²) in [5.41, 5.74) is 0. The number of ether oxygens (including phenoxy) is 1. The van der Waals surface area contributed by atoms with Crippen LogP contribution in [-0.2, 0) is 9.53 Å². The van der Waals surface area contributed by atoms with E-state index in [1.54, 1.807) is 0 Å². The Hall–Kier alpha value is -0.610. The van der Waals surface area contributed by atoms with Crippen molar-refractivity contribution >= 4 is 5.97 Å². The molecule has 2 fully saturated rings. The first-order chi connectivity index (χ1) is 7.77. The number of carbonyl (C=O) groups is 1. The average molecular weight is 227 g/mol. The fourth-order valence-corrected chi connectivity index (χ4v) is 2.72. The lowest BCUT2D eigenvalue weighted by atomic mass is 10.0. The predicted octanol–water partition coefficient (Wildman–Crippen LogP) is 1.49. The maximum atomic E-state index is 11.1. The van der Waals surface area contributed by atoms with Crippen LogP contribution in [0, 0.1) is 0 Å². The van der Waals surface area contributed by atoms with Gasteiger partial charge in [-0.1, -0.05) is 6.42 Å².